The number of carbonyl (C=O) groups is 1. The van der Waals surface area contributed by atoms with Gasteiger partial charge in [0.25, 0.3) is 0 Å². The molecule has 1 aromatic carbocycles. The molecule has 5 heteroatoms. The summed E-state index contributed by atoms with van der Waals surface area (Å²) in [6, 6.07) is 4.03. The Morgan fingerprint density at radius 3 is 3.11 bits per heavy atom. The fourth-order valence-corrected chi connectivity index (χ4v) is 2.97. The zero-order valence-electron chi connectivity index (χ0n) is 10.9. The fraction of sp³-hybridized carbons (Fsp3) is 0.500. The highest BCUT2D eigenvalue weighted by atomic mass is 16.7. The number of amides is 1. The van der Waals surface area contributed by atoms with Gasteiger partial charge in [-0.1, -0.05) is 6.07 Å². The van der Waals surface area contributed by atoms with Gasteiger partial charge in [-0.15, -0.1) is 0 Å². The Labute approximate surface area is 111 Å². The van der Waals surface area contributed by atoms with Gasteiger partial charge in [0.15, 0.2) is 11.5 Å². The predicted octanol–water partition coefficient (Wildman–Crippen LogP) is 2.45. The lowest BCUT2D eigenvalue weighted by Gasteiger charge is -2.29. The van der Waals surface area contributed by atoms with Crippen LogP contribution in [0.2, 0.25) is 0 Å². The van der Waals surface area contributed by atoms with Gasteiger partial charge >= 0.3 is 6.09 Å². The van der Waals surface area contributed by atoms with E-state index >= 15 is 0 Å². The molecule has 0 saturated heterocycles. The third-order valence-electron chi connectivity index (χ3n) is 3.90. The van der Waals surface area contributed by atoms with E-state index in [0.29, 0.717) is 6.54 Å². The predicted molar refractivity (Wildman–Crippen MR) is 68.9 cm³/mol. The standard InChI is InChI=1S/C14H17NO4/c1-15(14(16)17)7-10-4-2-3-9-5-6-11-13(12(9)10)19-8-18-11/h5-6,10H,2-4,7-8H2,1H3,(H,16,17). The Bertz CT molecular complexity index is 514. The second-order valence-corrected chi connectivity index (χ2v) is 5.12. The molecule has 19 heavy (non-hydrogen) atoms. The Kier molecular flexibility index (Phi) is 2.97. The van der Waals surface area contributed by atoms with E-state index < -0.39 is 6.09 Å². The van der Waals surface area contributed by atoms with Crippen LogP contribution in [0.5, 0.6) is 11.5 Å². The number of fused-ring (bicyclic) bond motifs is 3. The maximum Gasteiger partial charge on any atom is 0.407 e. The number of hydrogen-bond donors (Lipinski definition) is 1. The van der Waals surface area contributed by atoms with Crippen LogP contribution < -0.4 is 9.47 Å². The summed E-state index contributed by atoms with van der Waals surface area (Å²) in [6.07, 6.45) is 2.21. The molecular formula is C14H17NO4. The van der Waals surface area contributed by atoms with E-state index in [-0.39, 0.29) is 12.7 Å². The summed E-state index contributed by atoms with van der Waals surface area (Å²) < 4.78 is 11.0. The number of ether oxygens (including phenoxy) is 2. The summed E-state index contributed by atoms with van der Waals surface area (Å²) in [7, 11) is 1.61. The van der Waals surface area contributed by atoms with E-state index in [0.717, 1.165) is 36.3 Å². The van der Waals surface area contributed by atoms with E-state index in [1.807, 2.05) is 6.07 Å². The first-order valence-electron chi connectivity index (χ1n) is 6.52. The van der Waals surface area contributed by atoms with Crippen molar-refractivity contribution < 1.29 is 19.4 Å². The molecule has 102 valence electrons. The number of rotatable bonds is 2. The van der Waals surface area contributed by atoms with Gasteiger partial charge in [-0.2, -0.15) is 0 Å². The number of aryl methyl sites for hydroxylation is 1. The van der Waals surface area contributed by atoms with Crippen molar-refractivity contribution >= 4 is 6.09 Å². The van der Waals surface area contributed by atoms with E-state index in [1.165, 1.54) is 10.5 Å². The van der Waals surface area contributed by atoms with Crippen LogP contribution in [-0.4, -0.2) is 36.5 Å². The van der Waals surface area contributed by atoms with Gasteiger partial charge in [0.1, 0.15) is 0 Å². The third-order valence-corrected chi connectivity index (χ3v) is 3.90. The zero-order valence-corrected chi connectivity index (χ0v) is 10.9. The molecule has 2 aliphatic rings. The molecule has 1 aromatic rings. The van der Waals surface area contributed by atoms with Crippen LogP contribution in [0, 0.1) is 0 Å². The summed E-state index contributed by atoms with van der Waals surface area (Å²) in [5.74, 6) is 1.80. The zero-order chi connectivity index (χ0) is 13.4. The van der Waals surface area contributed by atoms with E-state index in [4.69, 9.17) is 14.6 Å². The highest BCUT2D eigenvalue weighted by molar-refractivity contribution is 5.65. The van der Waals surface area contributed by atoms with Gasteiger partial charge in [-0.05, 0) is 30.9 Å². The average Bonchev–Trinajstić information content (AvgIpc) is 2.86. The Hall–Kier alpha value is -1.91. The summed E-state index contributed by atoms with van der Waals surface area (Å²) in [6.45, 7) is 0.759. The van der Waals surface area contributed by atoms with Crippen molar-refractivity contribution in [2.45, 2.75) is 25.2 Å². The molecule has 1 aliphatic heterocycles. The minimum absolute atomic E-state index is 0.196. The molecule has 0 spiro atoms. The number of nitrogens with zero attached hydrogens (tertiary/aromatic N) is 1. The molecule has 1 aliphatic carbocycles. The molecule has 5 nitrogen and oxygen atoms in total. The maximum atomic E-state index is 11.0. The van der Waals surface area contributed by atoms with Crippen LogP contribution in [0.15, 0.2) is 12.1 Å². The Morgan fingerprint density at radius 2 is 2.32 bits per heavy atom. The molecule has 3 rings (SSSR count). The smallest absolute Gasteiger partial charge is 0.407 e. The second-order valence-electron chi connectivity index (χ2n) is 5.12. The van der Waals surface area contributed by atoms with Gasteiger partial charge in [0.2, 0.25) is 6.79 Å². The lowest BCUT2D eigenvalue weighted by Crippen LogP contribution is -2.31. The molecule has 1 amide bonds. The average molecular weight is 263 g/mol. The molecule has 1 heterocycles. The first-order chi connectivity index (χ1) is 9.16. The lowest BCUT2D eigenvalue weighted by molar-refractivity contribution is 0.151. The molecule has 0 fully saturated rings. The van der Waals surface area contributed by atoms with Gasteiger partial charge < -0.3 is 19.5 Å². The van der Waals surface area contributed by atoms with Crippen LogP contribution in [-0.2, 0) is 6.42 Å². The molecule has 0 radical (unpaired) electrons. The van der Waals surface area contributed by atoms with Crippen molar-refractivity contribution in [3.63, 3.8) is 0 Å². The van der Waals surface area contributed by atoms with Crippen LogP contribution >= 0.6 is 0 Å². The Morgan fingerprint density at radius 1 is 1.47 bits per heavy atom. The number of benzene rings is 1. The van der Waals surface area contributed by atoms with Crippen LogP contribution in [0.1, 0.15) is 29.9 Å². The normalized spacial score (nSPS) is 19.9. The van der Waals surface area contributed by atoms with Crippen molar-refractivity contribution in [3.05, 3.63) is 23.3 Å². The molecule has 1 unspecified atom stereocenters. The summed E-state index contributed by atoms with van der Waals surface area (Å²) in [4.78, 5) is 12.3. The number of hydrogen-bond acceptors (Lipinski definition) is 3. The van der Waals surface area contributed by atoms with E-state index in [2.05, 4.69) is 6.07 Å². The summed E-state index contributed by atoms with van der Waals surface area (Å²) >= 11 is 0. The molecular weight excluding hydrogens is 246 g/mol. The van der Waals surface area contributed by atoms with Crippen LogP contribution in [0.25, 0.3) is 0 Å². The number of likely N-dealkylation sites (N-methyl/N-ethyl adjacent to an activating group) is 1. The van der Waals surface area contributed by atoms with Crippen molar-refractivity contribution in [1.82, 2.24) is 4.90 Å². The molecule has 1 atom stereocenters. The monoisotopic (exact) mass is 263 g/mol. The topological polar surface area (TPSA) is 59.0 Å². The highest BCUT2D eigenvalue weighted by Gasteiger charge is 2.30. The van der Waals surface area contributed by atoms with Crippen molar-refractivity contribution in [3.8, 4) is 11.5 Å². The van der Waals surface area contributed by atoms with Crippen molar-refractivity contribution in [1.29, 1.82) is 0 Å². The third kappa shape index (κ3) is 2.09. The van der Waals surface area contributed by atoms with Crippen molar-refractivity contribution in [2.75, 3.05) is 20.4 Å². The minimum atomic E-state index is -0.892. The SMILES string of the molecule is CN(CC1CCCc2ccc3c(c21)OCO3)C(=O)O. The van der Waals surface area contributed by atoms with Gasteiger partial charge in [0, 0.05) is 25.1 Å². The highest BCUT2D eigenvalue weighted by Crippen LogP contribution is 2.45. The molecule has 0 aromatic heterocycles. The molecule has 0 bridgehead atoms. The summed E-state index contributed by atoms with van der Waals surface area (Å²) in [5, 5.41) is 9.02. The molecule has 0 saturated carbocycles. The summed E-state index contributed by atoms with van der Waals surface area (Å²) in [5.41, 5.74) is 2.41. The van der Waals surface area contributed by atoms with Gasteiger partial charge in [0.05, 0.1) is 0 Å². The lowest BCUT2D eigenvalue weighted by atomic mass is 9.81. The van der Waals surface area contributed by atoms with E-state index in [9.17, 15) is 4.79 Å². The largest absolute Gasteiger partial charge is 0.465 e. The molecule has 1 N–H and O–H groups in total. The van der Waals surface area contributed by atoms with E-state index in [1.54, 1.807) is 7.05 Å². The van der Waals surface area contributed by atoms with Gasteiger partial charge in [-0.3, -0.25) is 0 Å². The second kappa shape index (κ2) is 4.64. The number of carboxylic acid groups (broad SMARTS) is 1. The maximum absolute atomic E-state index is 11.0. The quantitative estimate of drug-likeness (QED) is 0.890. The first kappa shape index (κ1) is 12.1. The first-order valence-corrected chi connectivity index (χ1v) is 6.52. The van der Waals surface area contributed by atoms with Gasteiger partial charge in [-0.25, -0.2) is 4.79 Å². The Balaban J connectivity index is 1.95. The minimum Gasteiger partial charge on any atom is -0.465 e. The van der Waals surface area contributed by atoms with Crippen LogP contribution in [0.3, 0.4) is 0 Å². The van der Waals surface area contributed by atoms with Crippen LogP contribution in [0.4, 0.5) is 4.79 Å². The fourth-order valence-electron chi connectivity index (χ4n) is 2.97. The van der Waals surface area contributed by atoms with Crippen molar-refractivity contribution in [2.24, 2.45) is 0 Å².